The zero-order valence-electron chi connectivity index (χ0n) is 14.6. The van der Waals surface area contributed by atoms with E-state index in [9.17, 15) is 10.1 Å². The maximum atomic E-state index is 11.3. The summed E-state index contributed by atoms with van der Waals surface area (Å²) < 4.78 is 0. The van der Waals surface area contributed by atoms with Crippen molar-refractivity contribution in [2.75, 3.05) is 31.1 Å². The van der Waals surface area contributed by atoms with Crippen LogP contribution in [0.25, 0.3) is 10.8 Å². The number of hydrogen-bond donors (Lipinski definition) is 0. The summed E-state index contributed by atoms with van der Waals surface area (Å²) in [5, 5.41) is 13.4. The second-order valence-corrected chi connectivity index (χ2v) is 6.95. The van der Waals surface area contributed by atoms with Crippen molar-refractivity contribution in [3.63, 3.8) is 0 Å². The Morgan fingerprint density at radius 1 is 1.04 bits per heavy atom. The molecule has 1 saturated heterocycles. The lowest BCUT2D eigenvalue weighted by molar-refractivity contribution is -0.383. The summed E-state index contributed by atoms with van der Waals surface area (Å²) in [6.07, 6.45) is 4.92. The van der Waals surface area contributed by atoms with Crippen LogP contribution in [0.2, 0.25) is 5.02 Å². The minimum atomic E-state index is -0.356. The topological polar surface area (TPSA) is 75.4 Å². The number of hydrogen-bond acceptors (Lipinski definition) is 6. The summed E-state index contributed by atoms with van der Waals surface area (Å²) in [5.41, 5.74) is 2.11. The average molecular weight is 384 g/mol. The molecule has 138 valence electrons. The van der Waals surface area contributed by atoms with Crippen LogP contribution in [0.3, 0.4) is 0 Å². The number of pyridine rings is 2. The standard InChI is InChI=1S/C19H18ClN5O2/c20-14-1-2-15(22-11-14)13-23-7-9-24(10-8-23)18-3-4-19(25(26)27)17-12-21-6-5-16(17)18/h1-6,11-12H,7-10,13H2. The molecule has 3 heterocycles. The molecule has 0 saturated carbocycles. The Morgan fingerprint density at radius 2 is 1.85 bits per heavy atom. The molecular weight excluding hydrogens is 366 g/mol. The predicted octanol–water partition coefficient (Wildman–Crippen LogP) is 3.51. The zero-order chi connectivity index (χ0) is 18.8. The maximum absolute atomic E-state index is 11.3. The Balaban J connectivity index is 1.50. The Labute approximate surface area is 161 Å². The molecule has 27 heavy (non-hydrogen) atoms. The van der Waals surface area contributed by atoms with Gasteiger partial charge in [0.2, 0.25) is 0 Å². The van der Waals surface area contributed by atoms with Gasteiger partial charge in [-0.25, -0.2) is 0 Å². The molecule has 0 bridgehead atoms. The summed E-state index contributed by atoms with van der Waals surface area (Å²) in [7, 11) is 0. The molecule has 1 aromatic carbocycles. The van der Waals surface area contributed by atoms with Crippen molar-refractivity contribution in [1.82, 2.24) is 14.9 Å². The van der Waals surface area contributed by atoms with Crippen molar-refractivity contribution in [1.29, 1.82) is 0 Å². The molecule has 0 N–H and O–H groups in total. The van der Waals surface area contributed by atoms with Gasteiger partial charge < -0.3 is 4.90 Å². The second kappa shape index (κ2) is 7.46. The lowest BCUT2D eigenvalue weighted by Crippen LogP contribution is -2.46. The highest BCUT2D eigenvalue weighted by Crippen LogP contribution is 2.33. The molecule has 4 rings (SSSR count). The van der Waals surface area contributed by atoms with Crippen LogP contribution in [-0.2, 0) is 6.54 Å². The fraction of sp³-hybridized carbons (Fsp3) is 0.263. The molecule has 0 spiro atoms. The molecule has 8 heteroatoms. The first-order valence-electron chi connectivity index (χ1n) is 8.70. The third kappa shape index (κ3) is 3.70. The van der Waals surface area contributed by atoms with Crippen LogP contribution in [0.4, 0.5) is 11.4 Å². The predicted molar refractivity (Wildman–Crippen MR) is 105 cm³/mol. The van der Waals surface area contributed by atoms with E-state index in [0.717, 1.165) is 49.5 Å². The first-order valence-corrected chi connectivity index (χ1v) is 9.08. The molecule has 0 aliphatic carbocycles. The van der Waals surface area contributed by atoms with Gasteiger partial charge in [0.15, 0.2) is 0 Å². The van der Waals surface area contributed by atoms with Crippen LogP contribution in [0.15, 0.2) is 48.9 Å². The summed E-state index contributed by atoms with van der Waals surface area (Å²) in [4.78, 5) is 24.0. The van der Waals surface area contributed by atoms with E-state index in [1.807, 2.05) is 24.3 Å². The summed E-state index contributed by atoms with van der Waals surface area (Å²) >= 11 is 5.89. The molecule has 0 amide bonds. The van der Waals surface area contributed by atoms with Gasteiger partial charge in [0.25, 0.3) is 5.69 Å². The molecule has 0 atom stereocenters. The minimum absolute atomic E-state index is 0.0919. The first kappa shape index (κ1) is 17.6. The fourth-order valence-electron chi connectivity index (χ4n) is 3.47. The second-order valence-electron chi connectivity index (χ2n) is 6.51. The number of nitro benzene ring substituents is 1. The van der Waals surface area contributed by atoms with E-state index in [4.69, 9.17) is 11.6 Å². The largest absolute Gasteiger partial charge is 0.368 e. The number of aromatic nitrogens is 2. The highest BCUT2D eigenvalue weighted by Gasteiger charge is 2.22. The number of nitrogens with zero attached hydrogens (tertiary/aromatic N) is 5. The van der Waals surface area contributed by atoms with E-state index in [0.29, 0.717) is 10.4 Å². The number of piperazine rings is 1. The van der Waals surface area contributed by atoms with Crippen molar-refractivity contribution in [3.05, 3.63) is 69.8 Å². The number of non-ortho nitro benzene ring substituents is 1. The number of benzene rings is 1. The van der Waals surface area contributed by atoms with Gasteiger partial charge in [-0.05, 0) is 24.3 Å². The van der Waals surface area contributed by atoms with Gasteiger partial charge >= 0.3 is 0 Å². The van der Waals surface area contributed by atoms with E-state index < -0.39 is 0 Å². The molecule has 0 unspecified atom stereocenters. The third-order valence-electron chi connectivity index (χ3n) is 4.86. The quantitative estimate of drug-likeness (QED) is 0.507. The van der Waals surface area contributed by atoms with Crippen LogP contribution in [-0.4, -0.2) is 46.0 Å². The Morgan fingerprint density at radius 3 is 2.56 bits per heavy atom. The van der Waals surface area contributed by atoms with Gasteiger partial charge in [-0.1, -0.05) is 11.6 Å². The lowest BCUT2D eigenvalue weighted by atomic mass is 10.1. The van der Waals surface area contributed by atoms with Crippen molar-refractivity contribution in [3.8, 4) is 0 Å². The summed E-state index contributed by atoms with van der Waals surface area (Å²) in [6, 6.07) is 9.07. The highest BCUT2D eigenvalue weighted by atomic mass is 35.5. The van der Waals surface area contributed by atoms with Crippen LogP contribution in [0, 0.1) is 10.1 Å². The summed E-state index contributed by atoms with van der Waals surface area (Å²) in [5.74, 6) is 0. The first-order chi connectivity index (χ1) is 13.1. The molecule has 0 radical (unpaired) electrons. The Bertz CT molecular complexity index is 972. The van der Waals surface area contributed by atoms with Crippen molar-refractivity contribution >= 4 is 33.7 Å². The minimum Gasteiger partial charge on any atom is -0.368 e. The van der Waals surface area contributed by atoms with Gasteiger partial charge in [-0.15, -0.1) is 0 Å². The van der Waals surface area contributed by atoms with Crippen molar-refractivity contribution in [2.45, 2.75) is 6.54 Å². The molecular formula is C19H18ClN5O2. The van der Waals surface area contributed by atoms with Crippen LogP contribution >= 0.6 is 11.6 Å². The maximum Gasteiger partial charge on any atom is 0.278 e. The van der Waals surface area contributed by atoms with E-state index in [1.54, 1.807) is 24.7 Å². The van der Waals surface area contributed by atoms with Crippen LogP contribution in [0.5, 0.6) is 0 Å². The van der Waals surface area contributed by atoms with Gasteiger partial charge in [0.05, 0.1) is 21.0 Å². The number of halogens is 1. The number of fused-ring (bicyclic) bond motifs is 1. The van der Waals surface area contributed by atoms with Crippen molar-refractivity contribution in [2.24, 2.45) is 0 Å². The highest BCUT2D eigenvalue weighted by molar-refractivity contribution is 6.30. The van der Waals surface area contributed by atoms with Gasteiger partial charge in [-0.3, -0.25) is 25.0 Å². The van der Waals surface area contributed by atoms with E-state index >= 15 is 0 Å². The van der Waals surface area contributed by atoms with Crippen LogP contribution < -0.4 is 4.90 Å². The number of anilines is 1. The lowest BCUT2D eigenvalue weighted by Gasteiger charge is -2.36. The molecule has 1 aliphatic heterocycles. The van der Waals surface area contributed by atoms with Gasteiger partial charge in [0, 0.05) is 68.5 Å². The van der Waals surface area contributed by atoms with Gasteiger partial charge in [-0.2, -0.15) is 0 Å². The third-order valence-corrected chi connectivity index (χ3v) is 5.08. The molecule has 7 nitrogen and oxygen atoms in total. The summed E-state index contributed by atoms with van der Waals surface area (Å²) in [6.45, 7) is 4.28. The van der Waals surface area contributed by atoms with E-state index in [-0.39, 0.29) is 10.6 Å². The Kier molecular flexibility index (Phi) is 4.87. The number of nitro groups is 1. The molecule has 1 fully saturated rings. The molecule has 1 aliphatic rings. The number of rotatable bonds is 4. The van der Waals surface area contributed by atoms with E-state index in [2.05, 4.69) is 19.8 Å². The van der Waals surface area contributed by atoms with Crippen molar-refractivity contribution < 1.29 is 4.92 Å². The monoisotopic (exact) mass is 383 g/mol. The smallest absolute Gasteiger partial charge is 0.278 e. The normalized spacial score (nSPS) is 15.2. The zero-order valence-corrected chi connectivity index (χ0v) is 15.3. The van der Waals surface area contributed by atoms with Gasteiger partial charge in [0.1, 0.15) is 0 Å². The van der Waals surface area contributed by atoms with Crippen LogP contribution in [0.1, 0.15) is 5.69 Å². The SMILES string of the molecule is O=[N+]([O-])c1ccc(N2CCN(Cc3ccc(Cl)cn3)CC2)c2ccncc12. The molecule has 2 aromatic heterocycles. The molecule has 3 aromatic rings. The fourth-order valence-corrected chi connectivity index (χ4v) is 3.58. The average Bonchev–Trinajstić information content (AvgIpc) is 2.69. The Hall–Kier alpha value is -2.77. The van der Waals surface area contributed by atoms with E-state index in [1.165, 1.54) is 0 Å².